The first-order valence-electron chi connectivity index (χ1n) is 7.01. The number of carbonyl (C=O) groups is 1. The number of halogens is 2. The molecular formula is C16H12BrFN2O2S. The zero-order chi connectivity index (χ0) is 16.4. The van der Waals surface area contributed by atoms with Gasteiger partial charge < -0.3 is 10.1 Å². The summed E-state index contributed by atoms with van der Waals surface area (Å²) in [6.07, 6.45) is 2.92. The molecule has 0 bridgehead atoms. The van der Waals surface area contributed by atoms with Crippen LogP contribution < -0.4 is 10.1 Å². The van der Waals surface area contributed by atoms with Gasteiger partial charge in [0.1, 0.15) is 22.6 Å². The number of nitrogens with one attached hydrogen (secondary N) is 1. The van der Waals surface area contributed by atoms with Crippen LogP contribution >= 0.6 is 27.3 Å². The highest BCUT2D eigenvalue weighted by Crippen LogP contribution is 2.38. The Kier molecular flexibility index (Phi) is 4.64. The number of ether oxygens (including phenoxy) is 1. The summed E-state index contributed by atoms with van der Waals surface area (Å²) >= 11 is 4.64. The number of thiophene rings is 1. The second-order valence-corrected chi connectivity index (χ2v) is 7.04. The van der Waals surface area contributed by atoms with Crippen molar-refractivity contribution in [3.8, 4) is 11.8 Å². The van der Waals surface area contributed by atoms with Crippen LogP contribution in [0.4, 0.5) is 9.39 Å². The van der Waals surface area contributed by atoms with Crippen LogP contribution in [0.25, 0.3) is 0 Å². The number of hydrogen-bond donors (Lipinski definition) is 1. The summed E-state index contributed by atoms with van der Waals surface area (Å²) in [5.41, 5.74) is 1.63. The first-order valence-corrected chi connectivity index (χ1v) is 8.61. The van der Waals surface area contributed by atoms with Crippen LogP contribution in [0.1, 0.15) is 22.4 Å². The number of amides is 1. The number of aryl methyl sites for hydroxylation is 1. The van der Waals surface area contributed by atoms with Crippen molar-refractivity contribution in [1.82, 2.24) is 0 Å². The van der Waals surface area contributed by atoms with E-state index in [0.717, 1.165) is 24.8 Å². The van der Waals surface area contributed by atoms with Crippen LogP contribution in [-0.2, 0) is 17.6 Å². The molecule has 0 fully saturated rings. The zero-order valence-corrected chi connectivity index (χ0v) is 14.4. The fourth-order valence-corrected chi connectivity index (χ4v) is 4.23. The third-order valence-corrected chi connectivity index (χ3v) is 5.37. The molecule has 1 heterocycles. The maximum Gasteiger partial charge on any atom is 0.262 e. The van der Waals surface area contributed by atoms with E-state index in [9.17, 15) is 14.4 Å². The summed E-state index contributed by atoms with van der Waals surface area (Å²) in [6.45, 7) is -0.211. The lowest BCUT2D eigenvalue weighted by molar-refractivity contribution is -0.118. The fourth-order valence-electron chi connectivity index (χ4n) is 2.51. The van der Waals surface area contributed by atoms with Crippen LogP contribution in [0, 0.1) is 17.1 Å². The topological polar surface area (TPSA) is 62.1 Å². The minimum absolute atomic E-state index is 0.211. The molecule has 0 saturated carbocycles. The summed E-state index contributed by atoms with van der Waals surface area (Å²) in [5, 5.41) is 12.6. The van der Waals surface area contributed by atoms with E-state index in [0.29, 0.717) is 20.8 Å². The van der Waals surface area contributed by atoms with Crippen molar-refractivity contribution in [2.45, 2.75) is 19.3 Å². The second kappa shape index (κ2) is 6.69. The Balaban J connectivity index is 1.65. The minimum atomic E-state index is -0.388. The van der Waals surface area contributed by atoms with E-state index < -0.39 is 0 Å². The molecule has 1 aromatic heterocycles. The molecule has 23 heavy (non-hydrogen) atoms. The molecule has 2 aromatic rings. The molecule has 1 aromatic carbocycles. The van der Waals surface area contributed by atoms with Crippen LogP contribution in [-0.4, -0.2) is 12.5 Å². The second-order valence-electron chi connectivity index (χ2n) is 5.08. The highest BCUT2D eigenvalue weighted by molar-refractivity contribution is 9.10. The normalized spacial score (nSPS) is 12.6. The van der Waals surface area contributed by atoms with E-state index in [1.807, 2.05) is 0 Å². The molecule has 1 N–H and O–H groups in total. The molecule has 118 valence electrons. The zero-order valence-electron chi connectivity index (χ0n) is 12.0. The van der Waals surface area contributed by atoms with Gasteiger partial charge in [-0.15, -0.1) is 11.3 Å². The number of carbonyl (C=O) groups excluding carboxylic acids is 1. The Labute approximate surface area is 145 Å². The number of nitriles is 1. The van der Waals surface area contributed by atoms with Crippen molar-refractivity contribution in [2.24, 2.45) is 0 Å². The SMILES string of the molecule is N#Cc1c(NC(=O)COc2ccc(F)cc2Br)sc2c1CCC2. The summed E-state index contributed by atoms with van der Waals surface area (Å²) < 4.78 is 18.8. The lowest BCUT2D eigenvalue weighted by Gasteiger charge is -2.08. The largest absolute Gasteiger partial charge is 0.483 e. The highest BCUT2D eigenvalue weighted by atomic mass is 79.9. The van der Waals surface area contributed by atoms with Gasteiger partial charge in [0.25, 0.3) is 5.91 Å². The predicted octanol–water partition coefficient (Wildman–Crippen LogP) is 4.03. The number of hydrogen-bond acceptors (Lipinski definition) is 4. The van der Waals surface area contributed by atoms with Crippen molar-refractivity contribution < 1.29 is 13.9 Å². The Hall–Kier alpha value is -1.91. The van der Waals surface area contributed by atoms with Crippen molar-refractivity contribution in [3.05, 3.63) is 44.5 Å². The van der Waals surface area contributed by atoms with Gasteiger partial charge in [0.05, 0.1) is 10.0 Å². The smallest absolute Gasteiger partial charge is 0.262 e. The Morgan fingerprint density at radius 3 is 3.04 bits per heavy atom. The van der Waals surface area contributed by atoms with Gasteiger partial charge in [-0.25, -0.2) is 4.39 Å². The van der Waals surface area contributed by atoms with Crippen LogP contribution in [0.5, 0.6) is 5.75 Å². The van der Waals surface area contributed by atoms with Gasteiger partial charge in [0.15, 0.2) is 6.61 Å². The lowest BCUT2D eigenvalue weighted by Crippen LogP contribution is -2.20. The van der Waals surface area contributed by atoms with Gasteiger partial charge in [0.2, 0.25) is 0 Å². The molecule has 4 nitrogen and oxygen atoms in total. The Bertz CT molecular complexity index is 813. The summed E-state index contributed by atoms with van der Waals surface area (Å²) in [6, 6.07) is 6.16. The van der Waals surface area contributed by atoms with Crippen LogP contribution in [0.3, 0.4) is 0 Å². The molecule has 0 radical (unpaired) electrons. The van der Waals surface area contributed by atoms with Crippen molar-refractivity contribution in [2.75, 3.05) is 11.9 Å². The van der Waals surface area contributed by atoms with E-state index in [2.05, 4.69) is 27.3 Å². The number of nitrogens with zero attached hydrogens (tertiary/aromatic N) is 1. The third-order valence-electron chi connectivity index (χ3n) is 3.54. The molecule has 1 aliphatic rings. The van der Waals surface area contributed by atoms with E-state index in [4.69, 9.17) is 4.74 Å². The molecule has 0 unspecified atom stereocenters. The quantitative estimate of drug-likeness (QED) is 0.851. The first kappa shape index (κ1) is 16.0. The molecule has 1 aliphatic carbocycles. The van der Waals surface area contributed by atoms with Gasteiger partial charge >= 0.3 is 0 Å². The first-order chi connectivity index (χ1) is 11.1. The molecule has 0 spiro atoms. The van der Waals surface area contributed by atoms with E-state index >= 15 is 0 Å². The van der Waals surface area contributed by atoms with E-state index in [-0.39, 0.29) is 18.3 Å². The van der Waals surface area contributed by atoms with Gasteiger partial charge in [-0.3, -0.25) is 4.79 Å². The van der Waals surface area contributed by atoms with Crippen molar-refractivity contribution in [1.29, 1.82) is 5.26 Å². The fraction of sp³-hybridized carbons (Fsp3) is 0.250. The van der Waals surface area contributed by atoms with Gasteiger partial charge in [-0.2, -0.15) is 5.26 Å². The Morgan fingerprint density at radius 1 is 1.48 bits per heavy atom. The van der Waals surface area contributed by atoms with Gasteiger partial charge in [-0.05, 0) is 59.0 Å². The standard InChI is InChI=1S/C16H12BrFN2O2S/c17-12-6-9(18)4-5-13(12)22-8-15(21)20-16-11(7-19)10-2-1-3-14(10)23-16/h4-6H,1-3,8H2,(H,20,21). The molecule has 0 atom stereocenters. The summed E-state index contributed by atoms with van der Waals surface area (Å²) in [4.78, 5) is 13.2. The third kappa shape index (κ3) is 3.38. The monoisotopic (exact) mass is 394 g/mol. The highest BCUT2D eigenvalue weighted by Gasteiger charge is 2.23. The molecule has 3 rings (SSSR count). The minimum Gasteiger partial charge on any atom is -0.483 e. The number of fused-ring (bicyclic) bond motifs is 1. The Morgan fingerprint density at radius 2 is 2.30 bits per heavy atom. The summed E-state index contributed by atoms with van der Waals surface area (Å²) in [5.74, 6) is -0.353. The van der Waals surface area contributed by atoms with E-state index in [1.165, 1.54) is 34.4 Å². The number of benzene rings is 1. The van der Waals surface area contributed by atoms with Crippen LogP contribution in [0.2, 0.25) is 0 Å². The molecular weight excluding hydrogens is 383 g/mol. The maximum absolute atomic E-state index is 13.0. The molecule has 0 aliphatic heterocycles. The number of rotatable bonds is 4. The number of anilines is 1. The van der Waals surface area contributed by atoms with Crippen molar-refractivity contribution in [3.63, 3.8) is 0 Å². The molecule has 7 heteroatoms. The molecule has 0 saturated heterocycles. The average molecular weight is 395 g/mol. The average Bonchev–Trinajstić information content (AvgIpc) is 3.06. The lowest BCUT2D eigenvalue weighted by atomic mass is 10.1. The molecule has 1 amide bonds. The van der Waals surface area contributed by atoms with Gasteiger partial charge in [-0.1, -0.05) is 0 Å². The summed E-state index contributed by atoms with van der Waals surface area (Å²) in [7, 11) is 0. The van der Waals surface area contributed by atoms with Crippen LogP contribution in [0.15, 0.2) is 22.7 Å². The van der Waals surface area contributed by atoms with E-state index in [1.54, 1.807) is 0 Å². The van der Waals surface area contributed by atoms with Crippen molar-refractivity contribution >= 4 is 38.2 Å². The maximum atomic E-state index is 13.0. The van der Waals surface area contributed by atoms with Gasteiger partial charge in [0, 0.05) is 4.88 Å². The predicted molar refractivity (Wildman–Crippen MR) is 89.3 cm³/mol.